The molecule has 2 unspecified atom stereocenters. The summed E-state index contributed by atoms with van der Waals surface area (Å²) in [6.07, 6.45) is 3.90. The van der Waals surface area contributed by atoms with Crippen molar-refractivity contribution in [3.8, 4) is 0 Å². The number of carbonyl (C=O) groups is 3. The van der Waals surface area contributed by atoms with Crippen LogP contribution < -0.4 is 10.6 Å². The molecule has 2 aromatic carbocycles. The minimum Gasteiger partial charge on any atom is -0.480 e. The third kappa shape index (κ3) is 5.37. The lowest BCUT2D eigenvalue weighted by Crippen LogP contribution is -2.54. The number of aromatic amines is 2. The normalized spacial score (nSPS) is 13.5. The van der Waals surface area contributed by atoms with Crippen LogP contribution in [-0.2, 0) is 27.2 Å². The number of benzene rings is 2. The van der Waals surface area contributed by atoms with Gasteiger partial charge in [-0.1, -0.05) is 57.2 Å². The van der Waals surface area contributed by atoms with Crippen molar-refractivity contribution in [3.63, 3.8) is 0 Å². The molecule has 0 bridgehead atoms. The number of para-hydroxylation sites is 2. The molecule has 5 N–H and O–H groups in total. The summed E-state index contributed by atoms with van der Waals surface area (Å²) in [5, 5.41) is 17.2. The van der Waals surface area contributed by atoms with E-state index in [1.54, 1.807) is 27.0 Å². The predicted molar refractivity (Wildman–Crippen MR) is 135 cm³/mol. The van der Waals surface area contributed by atoms with Crippen molar-refractivity contribution in [2.45, 2.75) is 45.7 Å². The van der Waals surface area contributed by atoms with Gasteiger partial charge in [0.2, 0.25) is 11.8 Å². The Kier molecular flexibility index (Phi) is 6.64. The minimum absolute atomic E-state index is 0.109. The van der Waals surface area contributed by atoms with E-state index in [1.807, 2.05) is 54.7 Å². The van der Waals surface area contributed by atoms with Gasteiger partial charge in [-0.3, -0.25) is 9.59 Å². The average molecular weight is 475 g/mol. The molecule has 0 aliphatic carbocycles. The summed E-state index contributed by atoms with van der Waals surface area (Å²) in [4.78, 5) is 44.5. The Morgan fingerprint density at radius 3 is 1.77 bits per heavy atom. The zero-order valence-electron chi connectivity index (χ0n) is 20.0. The third-order valence-electron chi connectivity index (χ3n) is 6.12. The van der Waals surface area contributed by atoms with Crippen LogP contribution in [-0.4, -0.2) is 44.9 Å². The van der Waals surface area contributed by atoms with Gasteiger partial charge in [0.25, 0.3) is 0 Å². The van der Waals surface area contributed by atoms with Crippen molar-refractivity contribution >= 4 is 39.6 Å². The summed E-state index contributed by atoms with van der Waals surface area (Å²) in [6, 6.07) is 13.2. The molecule has 0 fully saturated rings. The summed E-state index contributed by atoms with van der Waals surface area (Å²) < 4.78 is 0. The van der Waals surface area contributed by atoms with Crippen molar-refractivity contribution < 1.29 is 19.5 Å². The fourth-order valence-electron chi connectivity index (χ4n) is 4.10. The zero-order valence-corrected chi connectivity index (χ0v) is 20.0. The summed E-state index contributed by atoms with van der Waals surface area (Å²) in [6.45, 7) is 5.29. The van der Waals surface area contributed by atoms with E-state index in [2.05, 4.69) is 20.6 Å². The molecule has 0 spiro atoms. The summed E-state index contributed by atoms with van der Waals surface area (Å²) in [5.74, 6) is -1.97. The molecule has 8 heteroatoms. The van der Waals surface area contributed by atoms with Crippen LogP contribution in [0.2, 0.25) is 0 Å². The number of aromatic nitrogens is 2. The number of carbonyl (C=O) groups excluding carboxylic acids is 2. The molecule has 182 valence electrons. The van der Waals surface area contributed by atoms with Crippen molar-refractivity contribution in [2.24, 2.45) is 5.41 Å². The topological polar surface area (TPSA) is 127 Å². The van der Waals surface area contributed by atoms with E-state index in [0.29, 0.717) is 0 Å². The average Bonchev–Trinajstić information content (AvgIpc) is 3.41. The first-order valence-corrected chi connectivity index (χ1v) is 11.6. The molecule has 8 nitrogen and oxygen atoms in total. The highest BCUT2D eigenvalue weighted by Crippen LogP contribution is 2.21. The highest BCUT2D eigenvalue weighted by atomic mass is 16.4. The summed E-state index contributed by atoms with van der Waals surface area (Å²) in [5.41, 5.74) is 2.76. The van der Waals surface area contributed by atoms with Crippen LogP contribution in [0, 0.1) is 5.41 Å². The molecule has 4 rings (SSSR count). The Hall–Kier alpha value is -4.07. The molecule has 0 aliphatic rings. The zero-order chi connectivity index (χ0) is 25.2. The number of rotatable bonds is 8. The Bertz CT molecular complexity index is 1380. The van der Waals surface area contributed by atoms with E-state index in [-0.39, 0.29) is 18.7 Å². The number of aliphatic carboxylic acids is 1. The molecule has 2 aromatic heterocycles. The Labute approximate surface area is 203 Å². The largest absolute Gasteiger partial charge is 0.480 e. The van der Waals surface area contributed by atoms with Crippen LogP contribution in [0.4, 0.5) is 0 Å². The van der Waals surface area contributed by atoms with Crippen molar-refractivity contribution in [3.05, 3.63) is 72.1 Å². The van der Waals surface area contributed by atoms with Gasteiger partial charge in [-0.15, -0.1) is 0 Å². The predicted octanol–water partition coefficient (Wildman–Crippen LogP) is 3.53. The lowest BCUT2D eigenvalue weighted by Gasteiger charge is -2.25. The SMILES string of the molecule is CC(C)(C)C(=O)NC(Cc1c[nH]c2ccccc12)C(=O)NC(Cc1c[nH]c2ccccc12)C(=O)O. The van der Waals surface area contributed by atoms with Crippen molar-refractivity contribution in [2.75, 3.05) is 0 Å². The van der Waals surface area contributed by atoms with Gasteiger partial charge in [-0.25, -0.2) is 4.79 Å². The van der Waals surface area contributed by atoms with Gasteiger partial charge in [0.15, 0.2) is 0 Å². The first-order chi connectivity index (χ1) is 16.6. The van der Waals surface area contributed by atoms with E-state index in [9.17, 15) is 19.5 Å². The highest BCUT2D eigenvalue weighted by Gasteiger charge is 2.31. The Balaban J connectivity index is 1.57. The maximum Gasteiger partial charge on any atom is 0.326 e. The molecule has 35 heavy (non-hydrogen) atoms. The number of carboxylic acid groups (broad SMARTS) is 1. The smallest absolute Gasteiger partial charge is 0.326 e. The number of hydrogen-bond donors (Lipinski definition) is 5. The van der Waals surface area contributed by atoms with Crippen LogP contribution in [0.3, 0.4) is 0 Å². The number of carboxylic acids is 1. The molecule has 2 amide bonds. The second kappa shape index (κ2) is 9.66. The Morgan fingerprint density at radius 1 is 0.800 bits per heavy atom. The summed E-state index contributed by atoms with van der Waals surface area (Å²) in [7, 11) is 0. The first kappa shape index (κ1) is 24.1. The number of fused-ring (bicyclic) bond motifs is 2. The molecular formula is C27H30N4O4. The molecule has 4 aromatic rings. The van der Waals surface area contributed by atoms with Gasteiger partial charge in [-0.2, -0.15) is 0 Å². The van der Waals surface area contributed by atoms with E-state index in [0.717, 1.165) is 32.9 Å². The van der Waals surface area contributed by atoms with Crippen LogP contribution in [0.1, 0.15) is 31.9 Å². The fourth-order valence-corrected chi connectivity index (χ4v) is 4.10. The van der Waals surface area contributed by atoms with Gasteiger partial charge in [-0.05, 0) is 23.3 Å². The van der Waals surface area contributed by atoms with E-state index < -0.39 is 29.4 Å². The number of amides is 2. The van der Waals surface area contributed by atoms with Crippen LogP contribution in [0.5, 0.6) is 0 Å². The van der Waals surface area contributed by atoms with E-state index >= 15 is 0 Å². The standard InChI is InChI=1S/C27H30N4O4/c1-27(2,3)26(35)31-22(12-16-14-28-20-10-6-4-8-18(16)20)24(32)30-23(25(33)34)13-17-15-29-21-11-7-5-9-19(17)21/h4-11,14-15,22-23,28-29H,12-13H2,1-3H3,(H,30,32)(H,31,35)(H,33,34). The third-order valence-corrected chi connectivity index (χ3v) is 6.12. The van der Waals surface area contributed by atoms with Crippen molar-refractivity contribution in [1.29, 1.82) is 0 Å². The molecule has 0 saturated carbocycles. The van der Waals surface area contributed by atoms with Gasteiger partial charge < -0.3 is 25.7 Å². The maximum atomic E-state index is 13.4. The second-order valence-corrected chi connectivity index (χ2v) is 9.80. The highest BCUT2D eigenvalue weighted by molar-refractivity contribution is 5.93. The van der Waals surface area contributed by atoms with Crippen LogP contribution >= 0.6 is 0 Å². The van der Waals surface area contributed by atoms with Gasteiger partial charge >= 0.3 is 5.97 Å². The number of nitrogens with one attached hydrogen (secondary N) is 4. The molecule has 0 saturated heterocycles. The molecule has 0 aliphatic heterocycles. The van der Waals surface area contributed by atoms with Gasteiger partial charge in [0.1, 0.15) is 12.1 Å². The molecule has 0 radical (unpaired) electrons. The molecule has 2 heterocycles. The van der Waals surface area contributed by atoms with Crippen molar-refractivity contribution in [1.82, 2.24) is 20.6 Å². The van der Waals surface area contributed by atoms with E-state index in [4.69, 9.17) is 0 Å². The Morgan fingerprint density at radius 2 is 1.29 bits per heavy atom. The quantitative estimate of drug-likeness (QED) is 0.268. The van der Waals surface area contributed by atoms with Gasteiger partial charge in [0.05, 0.1) is 0 Å². The first-order valence-electron chi connectivity index (χ1n) is 11.6. The van der Waals surface area contributed by atoms with Crippen LogP contribution in [0.15, 0.2) is 60.9 Å². The fraction of sp³-hybridized carbons (Fsp3) is 0.296. The lowest BCUT2D eigenvalue weighted by molar-refractivity contribution is -0.142. The van der Waals surface area contributed by atoms with Gasteiger partial charge in [0, 0.05) is 52.5 Å². The monoisotopic (exact) mass is 474 g/mol. The molecule has 2 atom stereocenters. The lowest BCUT2D eigenvalue weighted by atomic mass is 9.94. The second-order valence-electron chi connectivity index (χ2n) is 9.80. The maximum absolute atomic E-state index is 13.4. The minimum atomic E-state index is -1.15. The number of H-pyrrole nitrogens is 2. The van der Waals surface area contributed by atoms with E-state index in [1.165, 1.54) is 0 Å². The molecular weight excluding hydrogens is 444 g/mol. The summed E-state index contributed by atoms with van der Waals surface area (Å²) >= 11 is 0. The number of hydrogen-bond acceptors (Lipinski definition) is 3. The van der Waals surface area contributed by atoms with Crippen LogP contribution in [0.25, 0.3) is 21.8 Å².